The monoisotopic (exact) mass is 297 g/mol. The van der Waals surface area contributed by atoms with E-state index in [1.807, 2.05) is 30.3 Å². The fraction of sp³-hybridized carbons (Fsp3) is 0.250. The van der Waals surface area contributed by atoms with E-state index in [-0.39, 0.29) is 5.56 Å². The van der Waals surface area contributed by atoms with Crippen LogP contribution >= 0.6 is 0 Å². The molecule has 0 saturated heterocycles. The summed E-state index contributed by atoms with van der Waals surface area (Å²) in [4.78, 5) is 0. The Kier molecular flexibility index (Phi) is 4.63. The highest BCUT2D eigenvalue weighted by Crippen LogP contribution is 2.34. The summed E-state index contributed by atoms with van der Waals surface area (Å²) in [5.74, 6) is -4.24. The molecule has 5 heteroatoms. The van der Waals surface area contributed by atoms with Gasteiger partial charge >= 0.3 is 12.3 Å². The fourth-order valence-electron chi connectivity index (χ4n) is 2.03. The van der Waals surface area contributed by atoms with Crippen molar-refractivity contribution in [3.05, 3.63) is 71.3 Å². The van der Waals surface area contributed by atoms with Gasteiger partial charge in [-0.15, -0.1) is 0 Å². The first-order chi connectivity index (χ1) is 9.91. The molecule has 21 heavy (non-hydrogen) atoms. The number of hydrogen-bond acceptors (Lipinski definition) is 1. The SMILES string of the molecule is NC(c1ccc(Cc2ccccc2)cc1)C(F)(F)C(F)F. The van der Waals surface area contributed by atoms with Crippen LogP contribution in [0.2, 0.25) is 0 Å². The van der Waals surface area contributed by atoms with E-state index in [2.05, 4.69) is 0 Å². The first kappa shape index (κ1) is 15.5. The quantitative estimate of drug-likeness (QED) is 0.823. The Balaban J connectivity index is 2.12. The van der Waals surface area contributed by atoms with Crippen LogP contribution in [-0.2, 0) is 6.42 Å². The molecule has 0 aliphatic heterocycles. The van der Waals surface area contributed by atoms with Gasteiger partial charge in [-0.25, -0.2) is 8.78 Å². The Labute approximate surface area is 120 Å². The van der Waals surface area contributed by atoms with Gasteiger partial charge in [-0.05, 0) is 23.1 Å². The summed E-state index contributed by atoms with van der Waals surface area (Å²) >= 11 is 0. The van der Waals surface area contributed by atoms with Crippen molar-refractivity contribution >= 4 is 0 Å². The number of benzene rings is 2. The van der Waals surface area contributed by atoms with Gasteiger partial charge in [0.2, 0.25) is 0 Å². The second-order valence-corrected chi connectivity index (χ2v) is 4.86. The van der Waals surface area contributed by atoms with E-state index in [4.69, 9.17) is 5.73 Å². The minimum atomic E-state index is -4.24. The van der Waals surface area contributed by atoms with Gasteiger partial charge in [-0.1, -0.05) is 54.6 Å². The molecule has 1 unspecified atom stereocenters. The van der Waals surface area contributed by atoms with Gasteiger partial charge in [0.15, 0.2) is 0 Å². The lowest BCUT2D eigenvalue weighted by molar-refractivity contribution is -0.144. The molecule has 1 nitrogen and oxygen atoms in total. The average molecular weight is 297 g/mol. The number of hydrogen-bond donors (Lipinski definition) is 1. The van der Waals surface area contributed by atoms with Gasteiger partial charge in [0.1, 0.15) is 6.04 Å². The lowest BCUT2D eigenvalue weighted by atomic mass is 9.98. The first-order valence-electron chi connectivity index (χ1n) is 6.45. The molecule has 2 aromatic rings. The highest BCUT2D eigenvalue weighted by molar-refractivity contribution is 5.30. The molecule has 2 aromatic carbocycles. The van der Waals surface area contributed by atoms with E-state index < -0.39 is 18.4 Å². The van der Waals surface area contributed by atoms with Crippen molar-refractivity contribution in [3.63, 3.8) is 0 Å². The summed E-state index contributed by atoms with van der Waals surface area (Å²) in [6.07, 6.45) is -3.14. The largest absolute Gasteiger partial charge is 0.326 e. The molecule has 0 aliphatic rings. The van der Waals surface area contributed by atoms with Gasteiger partial charge < -0.3 is 5.73 Å². The molecule has 0 bridgehead atoms. The molecule has 112 valence electrons. The van der Waals surface area contributed by atoms with Crippen molar-refractivity contribution in [3.8, 4) is 0 Å². The maximum atomic E-state index is 13.2. The zero-order valence-corrected chi connectivity index (χ0v) is 11.1. The van der Waals surface area contributed by atoms with Crippen molar-refractivity contribution in [1.82, 2.24) is 0 Å². The van der Waals surface area contributed by atoms with Crippen LogP contribution in [0.3, 0.4) is 0 Å². The average Bonchev–Trinajstić information content (AvgIpc) is 2.48. The molecule has 0 fully saturated rings. The zero-order valence-electron chi connectivity index (χ0n) is 11.1. The predicted molar refractivity (Wildman–Crippen MR) is 73.6 cm³/mol. The van der Waals surface area contributed by atoms with E-state index in [0.29, 0.717) is 6.42 Å². The molecule has 1 atom stereocenters. The molecular formula is C16H15F4N. The zero-order chi connectivity index (χ0) is 15.5. The Morgan fingerprint density at radius 3 is 1.90 bits per heavy atom. The van der Waals surface area contributed by atoms with Crippen molar-refractivity contribution in [1.29, 1.82) is 0 Å². The highest BCUT2D eigenvalue weighted by atomic mass is 19.3. The van der Waals surface area contributed by atoms with Crippen LogP contribution in [0.5, 0.6) is 0 Å². The molecule has 0 heterocycles. The molecular weight excluding hydrogens is 282 g/mol. The number of alkyl halides is 4. The van der Waals surface area contributed by atoms with Gasteiger partial charge in [-0.3, -0.25) is 0 Å². The maximum absolute atomic E-state index is 13.2. The third-order valence-electron chi connectivity index (χ3n) is 3.30. The Bertz CT molecular complexity index is 567. The topological polar surface area (TPSA) is 26.0 Å². The van der Waals surface area contributed by atoms with Crippen LogP contribution in [-0.4, -0.2) is 12.3 Å². The number of halogens is 4. The summed E-state index contributed by atoms with van der Waals surface area (Å²) in [6.45, 7) is 0. The van der Waals surface area contributed by atoms with Crippen LogP contribution in [0.15, 0.2) is 54.6 Å². The summed E-state index contributed by atoms with van der Waals surface area (Å²) < 4.78 is 51.0. The first-order valence-corrected chi connectivity index (χ1v) is 6.45. The van der Waals surface area contributed by atoms with Crippen LogP contribution < -0.4 is 5.73 Å². The summed E-state index contributed by atoms with van der Waals surface area (Å²) in [7, 11) is 0. The summed E-state index contributed by atoms with van der Waals surface area (Å²) in [5.41, 5.74) is 7.22. The van der Waals surface area contributed by atoms with Crippen LogP contribution in [0.25, 0.3) is 0 Å². The second kappa shape index (κ2) is 6.26. The van der Waals surface area contributed by atoms with E-state index >= 15 is 0 Å². The standard InChI is InChI=1S/C16H15F4N/c17-15(18)16(19,20)14(21)13-8-6-12(7-9-13)10-11-4-2-1-3-5-11/h1-9,14-15H,10,21H2. The number of rotatable bonds is 5. The predicted octanol–water partition coefficient (Wildman–Crippen LogP) is 4.18. The molecule has 0 spiro atoms. The normalized spacial score (nSPS) is 13.4. The number of nitrogens with two attached hydrogens (primary N) is 1. The molecule has 0 aliphatic carbocycles. The molecule has 0 saturated carbocycles. The smallest absolute Gasteiger partial charge is 0.319 e. The lowest BCUT2D eigenvalue weighted by Gasteiger charge is -2.23. The molecule has 2 N–H and O–H groups in total. The van der Waals surface area contributed by atoms with Gasteiger partial charge in [0.25, 0.3) is 0 Å². The van der Waals surface area contributed by atoms with Crippen molar-refractivity contribution < 1.29 is 17.6 Å². The van der Waals surface area contributed by atoms with Gasteiger partial charge in [0, 0.05) is 0 Å². The highest BCUT2D eigenvalue weighted by Gasteiger charge is 2.47. The van der Waals surface area contributed by atoms with E-state index in [1.165, 1.54) is 12.1 Å². The van der Waals surface area contributed by atoms with Crippen LogP contribution in [0.1, 0.15) is 22.7 Å². The third-order valence-corrected chi connectivity index (χ3v) is 3.30. The molecule has 0 aromatic heterocycles. The van der Waals surface area contributed by atoms with Crippen molar-refractivity contribution in [2.24, 2.45) is 5.73 Å². The Morgan fingerprint density at radius 2 is 1.38 bits per heavy atom. The summed E-state index contributed by atoms with van der Waals surface area (Å²) in [5, 5.41) is 0. The molecule has 2 rings (SSSR count). The van der Waals surface area contributed by atoms with E-state index in [1.54, 1.807) is 12.1 Å². The fourth-order valence-corrected chi connectivity index (χ4v) is 2.03. The molecule has 0 amide bonds. The minimum Gasteiger partial charge on any atom is -0.319 e. The Hall–Kier alpha value is -1.88. The Morgan fingerprint density at radius 1 is 0.857 bits per heavy atom. The minimum absolute atomic E-state index is 0.00267. The lowest BCUT2D eigenvalue weighted by Crippen LogP contribution is -2.39. The van der Waals surface area contributed by atoms with Crippen LogP contribution in [0, 0.1) is 0 Å². The maximum Gasteiger partial charge on any atom is 0.326 e. The van der Waals surface area contributed by atoms with Gasteiger partial charge in [0.05, 0.1) is 0 Å². The second-order valence-electron chi connectivity index (χ2n) is 4.86. The van der Waals surface area contributed by atoms with Gasteiger partial charge in [-0.2, -0.15) is 8.78 Å². The van der Waals surface area contributed by atoms with Crippen LogP contribution in [0.4, 0.5) is 17.6 Å². The molecule has 0 radical (unpaired) electrons. The third kappa shape index (κ3) is 3.61. The van der Waals surface area contributed by atoms with E-state index in [0.717, 1.165) is 11.1 Å². The van der Waals surface area contributed by atoms with E-state index in [9.17, 15) is 17.6 Å². The van der Waals surface area contributed by atoms with Crippen molar-refractivity contribution in [2.75, 3.05) is 0 Å². The van der Waals surface area contributed by atoms with Crippen molar-refractivity contribution in [2.45, 2.75) is 24.8 Å². The summed E-state index contributed by atoms with van der Waals surface area (Å²) in [6, 6.07) is 13.6.